The Balaban J connectivity index is 2.30. The van der Waals surface area contributed by atoms with Crippen molar-refractivity contribution in [3.8, 4) is 11.4 Å². The number of benzene rings is 1. The molecule has 0 saturated heterocycles. The number of aromatic nitrogens is 4. The number of tetrazole rings is 1. The van der Waals surface area contributed by atoms with Crippen LogP contribution < -0.4 is 4.74 Å². The highest BCUT2D eigenvalue weighted by Crippen LogP contribution is 2.26. The topological polar surface area (TPSA) is 52.8 Å². The molecule has 0 radical (unpaired) electrons. The van der Waals surface area contributed by atoms with Crippen LogP contribution in [0.2, 0.25) is 0 Å². The molecule has 1 heterocycles. The summed E-state index contributed by atoms with van der Waals surface area (Å²) in [5, 5.41) is 12.6. The molecule has 0 unspecified atom stereocenters. The molecular weight excluding hydrogens is 248 g/mol. The van der Waals surface area contributed by atoms with Gasteiger partial charge in [-0.3, -0.25) is 0 Å². The molecule has 18 heavy (non-hydrogen) atoms. The van der Waals surface area contributed by atoms with Gasteiger partial charge in [0.1, 0.15) is 11.4 Å². The van der Waals surface area contributed by atoms with Gasteiger partial charge in [0.25, 0.3) is 0 Å². The van der Waals surface area contributed by atoms with E-state index in [2.05, 4.69) is 29.4 Å². The highest BCUT2D eigenvalue weighted by Gasteiger charge is 2.13. The highest BCUT2D eigenvalue weighted by molar-refractivity contribution is 7.99. The van der Waals surface area contributed by atoms with Gasteiger partial charge in [0.05, 0.1) is 7.11 Å². The molecule has 2 aromatic rings. The Kier molecular flexibility index (Phi) is 4.19. The first-order valence-electron chi connectivity index (χ1n) is 5.77. The first-order valence-corrected chi connectivity index (χ1v) is 6.75. The van der Waals surface area contributed by atoms with E-state index in [0.717, 1.165) is 22.3 Å². The van der Waals surface area contributed by atoms with Gasteiger partial charge >= 0.3 is 0 Å². The van der Waals surface area contributed by atoms with Crippen molar-refractivity contribution < 1.29 is 4.74 Å². The molecule has 1 aromatic heterocycles. The maximum atomic E-state index is 5.32. The lowest BCUT2D eigenvalue weighted by atomic mass is 10.3. The Morgan fingerprint density at radius 2 is 2.11 bits per heavy atom. The van der Waals surface area contributed by atoms with E-state index in [9.17, 15) is 0 Å². The van der Waals surface area contributed by atoms with Crippen LogP contribution in [0.1, 0.15) is 13.8 Å². The van der Waals surface area contributed by atoms with E-state index in [0.29, 0.717) is 5.92 Å². The molecule has 1 aromatic carbocycles. The molecule has 0 atom stereocenters. The number of nitrogens with zero attached hydrogens (tertiary/aromatic N) is 4. The van der Waals surface area contributed by atoms with Gasteiger partial charge in [0.15, 0.2) is 0 Å². The molecule has 0 fully saturated rings. The Bertz CT molecular complexity index is 512. The summed E-state index contributed by atoms with van der Waals surface area (Å²) < 4.78 is 7.04. The number of para-hydroxylation sites is 2. The van der Waals surface area contributed by atoms with Crippen molar-refractivity contribution in [2.75, 3.05) is 12.9 Å². The van der Waals surface area contributed by atoms with Crippen molar-refractivity contribution in [2.45, 2.75) is 19.0 Å². The quantitative estimate of drug-likeness (QED) is 0.776. The Hall–Kier alpha value is -1.56. The highest BCUT2D eigenvalue weighted by atomic mass is 32.2. The number of hydrogen-bond donors (Lipinski definition) is 0. The largest absolute Gasteiger partial charge is 0.494 e. The molecule has 0 amide bonds. The molecule has 0 bridgehead atoms. The zero-order valence-corrected chi connectivity index (χ0v) is 11.5. The summed E-state index contributed by atoms with van der Waals surface area (Å²) in [4.78, 5) is 0. The Morgan fingerprint density at radius 3 is 2.83 bits per heavy atom. The molecule has 6 heteroatoms. The minimum atomic E-state index is 0.595. The predicted octanol–water partition coefficient (Wildman–Crippen LogP) is 2.42. The summed E-state index contributed by atoms with van der Waals surface area (Å²) in [6.45, 7) is 4.34. The molecule has 0 saturated carbocycles. The molecule has 0 aliphatic carbocycles. The monoisotopic (exact) mass is 264 g/mol. The molecule has 2 rings (SSSR count). The van der Waals surface area contributed by atoms with Crippen molar-refractivity contribution in [2.24, 2.45) is 5.92 Å². The van der Waals surface area contributed by atoms with Crippen LogP contribution >= 0.6 is 11.8 Å². The zero-order chi connectivity index (χ0) is 13.0. The second kappa shape index (κ2) is 5.86. The number of ether oxygens (including phenoxy) is 1. The van der Waals surface area contributed by atoms with Gasteiger partial charge in [-0.15, -0.1) is 5.10 Å². The maximum absolute atomic E-state index is 5.32. The van der Waals surface area contributed by atoms with Gasteiger partial charge in [-0.25, -0.2) is 0 Å². The van der Waals surface area contributed by atoms with Crippen molar-refractivity contribution in [1.29, 1.82) is 0 Å². The van der Waals surface area contributed by atoms with Gasteiger partial charge < -0.3 is 4.74 Å². The molecule has 0 aliphatic heterocycles. The Morgan fingerprint density at radius 1 is 1.33 bits per heavy atom. The van der Waals surface area contributed by atoms with E-state index in [-0.39, 0.29) is 0 Å². The van der Waals surface area contributed by atoms with Crippen LogP contribution in [-0.4, -0.2) is 33.1 Å². The van der Waals surface area contributed by atoms with Crippen molar-refractivity contribution in [1.82, 2.24) is 20.2 Å². The SMILES string of the molecule is COc1ccccc1-n1nnnc1SCC(C)C. The van der Waals surface area contributed by atoms with Gasteiger partial charge in [-0.1, -0.05) is 37.7 Å². The summed E-state index contributed by atoms with van der Waals surface area (Å²) in [6.07, 6.45) is 0. The van der Waals surface area contributed by atoms with Gasteiger partial charge in [-0.2, -0.15) is 4.68 Å². The number of rotatable bonds is 5. The van der Waals surface area contributed by atoms with E-state index < -0.39 is 0 Å². The first kappa shape index (κ1) is 12.9. The summed E-state index contributed by atoms with van der Waals surface area (Å²) in [5.41, 5.74) is 0.858. The average molecular weight is 264 g/mol. The fourth-order valence-electron chi connectivity index (χ4n) is 1.47. The zero-order valence-electron chi connectivity index (χ0n) is 10.7. The van der Waals surface area contributed by atoms with Crippen molar-refractivity contribution in [3.63, 3.8) is 0 Å². The van der Waals surface area contributed by atoms with Crippen LogP contribution in [0.25, 0.3) is 5.69 Å². The second-order valence-electron chi connectivity index (χ2n) is 4.25. The van der Waals surface area contributed by atoms with Crippen LogP contribution in [0, 0.1) is 5.92 Å². The summed E-state index contributed by atoms with van der Waals surface area (Å²) in [6, 6.07) is 7.70. The molecule has 5 nitrogen and oxygen atoms in total. The number of thioether (sulfide) groups is 1. The van der Waals surface area contributed by atoms with Crippen molar-refractivity contribution in [3.05, 3.63) is 24.3 Å². The fourth-order valence-corrected chi connectivity index (χ4v) is 2.30. The van der Waals surface area contributed by atoms with Crippen LogP contribution in [0.5, 0.6) is 5.75 Å². The van der Waals surface area contributed by atoms with Crippen LogP contribution in [-0.2, 0) is 0 Å². The molecule has 0 N–H and O–H groups in total. The third-order valence-corrected chi connectivity index (χ3v) is 3.65. The summed E-state index contributed by atoms with van der Waals surface area (Å²) >= 11 is 1.65. The molecule has 0 spiro atoms. The minimum absolute atomic E-state index is 0.595. The van der Waals surface area contributed by atoms with E-state index in [1.165, 1.54) is 0 Å². The van der Waals surface area contributed by atoms with Gasteiger partial charge in [0.2, 0.25) is 5.16 Å². The second-order valence-corrected chi connectivity index (χ2v) is 5.24. The average Bonchev–Trinajstić information content (AvgIpc) is 2.84. The molecule has 0 aliphatic rings. The lowest BCUT2D eigenvalue weighted by molar-refractivity contribution is 0.410. The molecule has 96 valence electrons. The van der Waals surface area contributed by atoms with E-state index in [1.54, 1.807) is 23.6 Å². The van der Waals surface area contributed by atoms with E-state index in [1.807, 2.05) is 24.3 Å². The van der Waals surface area contributed by atoms with E-state index >= 15 is 0 Å². The van der Waals surface area contributed by atoms with Crippen LogP contribution in [0.15, 0.2) is 29.4 Å². The lowest BCUT2D eigenvalue weighted by Gasteiger charge is -2.09. The minimum Gasteiger partial charge on any atom is -0.494 e. The fraction of sp³-hybridized carbons (Fsp3) is 0.417. The predicted molar refractivity (Wildman–Crippen MR) is 71.3 cm³/mol. The van der Waals surface area contributed by atoms with Crippen molar-refractivity contribution >= 4 is 11.8 Å². The summed E-state index contributed by atoms with van der Waals surface area (Å²) in [5.74, 6) is 2.34. The third-order valence-electron chi connectivity index (χ3n) is 2.30. The molecular formula is C12H16N4OS. The number of hydrogen-bond acceptors (Lipinski definition) is 5. The Labute approximate surface area is 111 Å². The van der Waals surface area contributed by atoms with E-state index in [4.69, 9.17) is 4.74 Å². The standard InChI is InChI=1S/C12H16N4OS/c1-9(2)8-18-12-13-14-15-16(12)10-6-4-5-7-11(10)17-3/h4-7,9H,8H2,1-3H3. The first-order chi connectivity index (χ1) is 8.72. The van der Waals surface area contributed by atoms with Crippen LogP contribution in [0.3, 0.4) is 0 Å². The normalized spacial score (nSPS) is 10.9. The van der Waals surface area contributed by atoms with Crippen LogP contribution in [0.4, 0.5) is 0 Å². The van der Waals surface area contributed by atoms with Gasteiger partial charge in [-0.05, 0) is 28.5 Å². The summed E-state index contributed by atoms with van der Waals surface area (Å²) in [7, 11) is 1.64. The lowest BCUT2D eigenvalue weighted by Crippen LogP contribution is -2.02. The van der Waals surface area contributed by atoms with Gasteiger partial charge in [0, 0.05) is 5.75 Å². The maximum Gasteiger partial charge on any atom is 0.214 e. The smallest absolute Gasteiger partial charge is 0.214 e. The number of methoxy groups -OCH3 is 1. The third kappa shape index (κ3) is 2.81.